The first-order chi connectivity index (χ1) is 6.79. The minimum Gasteiger partial charge on any atom is -0.370 e. The van der Waals surface area contributed by atoms with Crippen molar-refractivity contribution in [2.24, 2.45) is 5.92 Å². The second kappa shape index (κ2) is 6.18. The molecule has 14 heavy (non-hydrogen) atoms. The normalized spacial score (nSPS) is 19.9. The van der Waals surface area contributed by atoms with Gasteiger partial charge in [0.05, 0.1) is 0 Å². The topological polar surface area (TPSA) is 26.3 Å². The lowest BCUT2D eigenvalue weighted by Gasteiger charge is -2.21. The molecule has 0 saturated heterocycles. The van der Waals surface area contributed by atoms with E-state index in [9.17, 15) is 4.79 Å². The molecule has 1 fully saturated rings. The maximum atomic E-state index is 11.8. The van der Waals surface area contributed by atoms with Gasteiger partial charge in [0.25, 0.3) is 0 Å². The number of rotatable bonds is 6. The van der Waals surface area contributed by atoms with Crippen LogP contribution in [-0.2, 0) is 9.53 Å². The van der Waals surface area contributed by atoms with E-state index in [0.29, 0.717) is 24.7 Å². The Bertz CT molecular complexity index is 171. The predicted molar refractivity (Wildman–Crippen MR) is 57.3 cm³/mol. The van der Waals surface area contributed by atoms with E-state index in [1.807, 2.05) is 6.92 Å². The summed E-state index contributed by atoms with van der Waals surface area (Å²) in [7, 11) is 0. The van der Waals surface area contributed by atoms with Crippen LogP contribution in [0.1, 0.15) is 52.4 Å². The van der Waals surface area contributed by atoms with E-state index < -0.39 is 0 Å². The van der Waals surface area contributed by atoms with E-state index in [2.05, 4.69) is 6.92 Å². The first-order valence-corrected chi connectivity index (χ1v) is 5.93. The van der Waals surface area contributed by atoms with E-state index in [1.165, 1.54) is 25.7 Å². The predicted octanol–water partition coefficient (Wildman–Crippen LogP) is 2.95. The highest BCUT2D eigenvalue weighted by atomic mass is 16.5. The summed E-state index contributed by atoms with van der Waals surface area (Å²) in [6.07, 6.45) is 6.43. The van der Waals surface area contributed by atoms with Gasteiger partial charge < -0.3 is 4.74 Å². The Labute approximate surface area is 87.0 Å². The number of Topliss-reactive ketones (excluding diaryl/α,β-unsaturated/α-hetero) is 1. The molecule has 0 bridgehead atoms. The van der Waals surface area contributed by atoms with Crippen molar-refractivity contribution >= 4 is 5.78 Å². The van der Waals surface area contributed by atoms with E-state index >= 15 is 0 Å². The fourth-order valence-corrected chi connectivity index (χ4v) is 2.32. The van der Waals surface area contributed by atoms with Crippen LogP contribution in [0, 0.1) is 5.92 Å². The summed E-state index contributed by atoms with van der Waals surface area (Å²) in [5.41, 5.74) is 0. The molecule has 1 unspecified atom stereocenters. The number of ketones is 1. The number of hydrogen-bond donors (Lipinski definition) is 0. The Morgan fingerprint density at radius 3 is 2.50 bits per heavy atom. The van der Waals surface area contributed by atoms with Gasteiger partial charge in [-0.15, -0.1) is 0 Å². The van der Waals surface area contributed by atoms with Crippen LogP contribution in [-0.4, -0.2) is 18.5 Å². The van der Waals surface area contributed by atoms with Crippen molar-refractivity contribution < 1.29 is 9.53 Å². The van der Waals surface area contributed by atoms with Gasteiger partial charge in [-0.1, -0.05) is 19.8 Å². The molecule has 0 radical (unpaired) electrons. The van der Waals surface area contributed by atoms with Gasteiger partial charge in [-0.25, -0.2) is 0 Å². The molecule has 0 aromatic heterocycles. The molecule has 0 aromatic carbocycles. The van der Waals surface area contributed by atoms with Crippen LogP contribution < -0.4 is 0 Å². The molecule has 1 aliphatic rings. The highest BCUT2D eigenvalue weighted by molar-refractivity contribution is 5.83. The highest BCUT2D eigenvalue weighted by Crippen LogP contribution is 2.30. The van der Waals surface area contributed by atoms with Gasteiger partial charge in [-0.2, -0.15) is 0 Å². The second-order valence-corrected chi connectivity index (χ2v) is 4.14. The first-order valence-electron chi connectivity index (χ1n) is 5.93. The van der Waals surface area contributed by atoms with Crippen molar-refractivity contribution in [3.8, 4) is 0 Å². The molecule has 0 aliphatic heterocycles. The molecule has 0 amide bonds. The fraction of sp³-hybridized carbons (Fsp3) is 0.917. The SMILES string of the molecule is CCCC(=O)C(OCC)C1CCCC1. The zero-order valence-corrected chi connectivity index (χ0v) is 9.42. The summed E-state index contributed by atoms with van der Waals surface area (Å²) >= 11 is 0. The van der Waals surface area contributed by atoms with Gasteiger partial charge in [0.15, 0.2) is 5.78 Å². The van der Waals surface area contributed by atoms with E-state index in [0.717, 1.165) is 6.42 Å². The molecule has 2 nitrogen and oxygen atoms in total. The van der Waals surface area contributed by atoms with Gasteiger partial charge in [-0.05, 0) is 32.1 Å². The molecule has 82 valence electrons. The van der Waals surface area contributed by atoms with Crippen LogP contribution in [0.3, 0.4) is 0 Å². The summed E-state index contributed by atoms with van der Waals surface area (Å²) < 4.78 is 5.59. The maximum absolute atomic E-state index is 11.8. The molecule has 0 spiro atoms. The van der Waals surface area contributed by atoms with Crippen molar-refractivity contribution in [2.45, 2.75) is 58.5 Å². The van der Waals surface area contributed by atoms with Crippen LogP contribution in [0.25, 0.3) is 0 Å². The molecule has 0 aromatic rings. The molecule has 1 aliphatic carbocycles. The number of hydrogen-bond acceptors (Lipinski definition) is 2. The van der Waals surface area contributed by atoms with Crippen LogP contribution in [0.5, 0.6) is 0 Å². The summed E-state index contributed by atoms with van der Waals surface area (Å²) in [4.78, 5) is 11.8. The average Bonchev–Trinajstić information content (AvgIpc) is 2.67. The van der Waals surface area contributed by atoms with Crippen LogP contribution in [0.15, 0.2) is 0 Å². The Balaban J connectivity index is 2.48. The third-order valence-electron chi connectivity index (χ3n) is 2.99. The quantitative estimate of drug-likeness (QED) is 0.656. The molecule has 0 heterocycles. The van der Waals surface area contributed by atoms with Gasteiger partial charge >= 0.3 is 0 Å². The Morgan fingerprint density at radius 1 is 1.36 bits per heavy atom. The molecular formula is C12H22O2. The van der Waals surface area contributed by atoms with Crippen LogP contribution in [0.2, 0.25) is 0 Å². The minimum absolute atomic E-state index is 0.0950. The largest absolute Gasteiger partial charge is 0.370 e. The zero-order valence-electron chi connectivity index (χ0n) is 9.42. The Hall–Kier alpha value is -0.370. The molecule has 1 atom stereocenters. The van der Waals surface area contributed by atoms with Crippen molar-refractivity contribution in [2.75, 3.05) is 6.61 Å². The summed E-state index contributed by atoms with van der Waals surface area (Å²) in [6.45, 7) is 4.69. The van der Waals surface area contributed by atoms with Crippen molar-refractivity contribution in [3.05, 3.63) is 0 Å². The van der Waals surface area contributed by atoms with E-state index in [-0.39, 0.29) is 6.10 Å². The Kier molecular flexibility index (Phi) is 5.16. The number of carbonyl (C=O) groups excluding carboxylic acids is 1. The van der Waals surface area contributed by atoms with Gasteiger partial charge in [0, 0.05) is 13.0 Å². The van der Waals surface area contributed by atoms with E-state index in [4.69, 9.17) is 4.74 Å². The summed E-state index contributed by atoms with van der Waals surface area (Å²) in [6, 6.07) is 0. The van der Waals surface area contributed by atoms with E-state index in [1.54, 1.807) is 0 Å². The number of carbonyl (C=O) groups is 1. The number of ether oxygens (including phenoxy) is 1. The van der Waals surface area contributed by atoms with Crippen molar-refractivity contribution in [1.29, 1.82) is 0 Å². The lowest BCUT2D eigenvalue weighted by atomic mass is 9.95. The van der Waals surface area contributed by atoms with Gasteiger partial charge in [-0.3, -0.25) is 4.79 Å². The molecule has 1 saturated carbocycles. The Morgan fingerprint density at radius 2 is 2.00 bits per heavy atom. The van der Waals surface area contributed by atoms with Crippen molar-refractivity contribution in [3.63, 3.8) is 0 Å². The summed E-state index contributed by atoms with van der Waals surface area (Å²) in [5.74, 6) is 0.829. The highest BCUT2D eigenvalue weighted by Gasteiger charge is 2.30. The molecule has 1 rings (SSSR count). The first kappa shape index (κ1) is 11.7. The molecule has 0 N–H and O–H groups in total. The lowest BCUT2D eigenvalue weighted by Crippen LogP contribution is -2.31. The average molecular weight is 198 g/mol. The van der Waals surface area contributed by atoms with Crippen LogP contribution in [0.4, 0.5) is 0 Å². The van der Waals surface area contributed by atoms with Crippen LogP contribution >= 0.6 is 0 Å². The molecular weight excluding hydrogens is 176 g/mol. The monoisotopic (exact) mass is 198 g/mol. The second-order valence-electron chi connectivity index (χ2n) is 4.14. The third kappa shape index (κ3) is 3.09. The van der Waals surface area contributed by atoms with Crippen molar-refractivity contribution in [1.82, 2.24) is 0 Å². The minimum atomic E-state index is -0.0950. The smallest absolute Gasteiger partial charge is 0.161 e. The standard InChI is InChI=1S/C12H22O2/c1-3-7-11(13)12(14-4-2)10-8-5-6-9-10/h10,12H,3-9H2,1-2H3. The summed E-state index contributed by atoms with van der Waals surface area (Å²) in [5, 5.41) is 0. The lowest BCUT2D eigenvalue weighted by molar-refractivity contribution is -0.133. The van der Waals surface area contributed by atoms with Gasteiger partial charge in [0.2, 0.25) is 0 Å². The zero-order chi connectivity index (χ0) is 10.4. The molecule has 2 heteroatoms. The fourth-order valence-electron chi connectivity index (χ4n) is 2.32. The third-order valence-corrected chi connectivity index (χ3v) is 2.99. The van der Waals surface area contributed by atoms with Gasteiger partial charge in [0.1, 0.15) is 6.10 Å². The maximum Gasteiger partial charge on any atom is 0.161 e.